The van der Waals surface area contributed by atoms with Crippen molar-refractivity contribution in [3.63, 3.8) is 0 Å². The summed E-state index contributed by atoms with van der Waals surface area (Å²) in [5.41, 5.74) is 0. The van der Waals surface area contributed by atoms with Crippen LogP contribution >= 0.6 is 11.3 Å². The molecule has 4 N–H and O–H groups in total. The molecule has 3 heterocycles. The van der Waals surface area contributed by atoms with E-state index in [-0.39, 0.29) is 37.0 Å². The van der Waals surface area contributed by atoms with Crippen molar-refractivity contribution in [2.75, 3.05) is 13.1 Å². The average molecular weight is 533 g/mol. The number of aliphatic hydroxyl groups is 1. The summed E-state index contributed by atoms with van der Waals surface area (Å²) in [5, 5.41) is 31.6. The number of aliphatic hydroxyl groups excluding tert-OH is 1. The van der Waals surface area contributed by atoms with Crippen LogP contribution in [0.15, 0.2) is 29.5 Å². The molecule has 2 aliphatic heterocycles. The highest BCUT2D eigenvalue weighted by atomic mass is 32.1. The summed E-state index contributed by atoms with van der Waals surface area (Å²) in [6.45, 7) is 4.49. The SMILES string of the molecule is CC(C)C[C@H](NC(=O)[C@@H]1CCCN2C(=O)CC[C@H](NC(=O)NCCc3cccs3)C(=O)N12)/C(O)=C/[N+]#N. The lowest BCUT2D eigenvalue weighted by Gasteiger charge is -2.43. The van der Waals surface area contributed by atoms with Crippen LogP contribution in [0.25, 0.3) is 4.98 Å². The van der Waals surface area contributed by atoms with Gasteiger partial charge in [0.05, 0.1) is 6.04 Å². The minimum absolute atomic E-state index is 0.0498. The van der Waals surface area contributed by atoms with Crippen LogP contribution in [0, 0.1) is 11.3 Å². The smallest absolute Gasteiger partial charge is 0.389 e. The second-order valence-corrected chi connectivity index (χ2v) is 10.6. The van der Waals surface area contributed by atoms with Crippen molar-refractivity contribution in [2.45, 2.75) is 70.5 Å². The average Bonchev–Trinajstić information content (AvgIpc) is 3.34. The van der Waals surface area contributed by atoms with E-state index in [1.165, 1.54) is 5.01 Å². The molecule has 200 valence electrons. The quantitative estimate of drug-likeness (QED) is 0.282. The molecule has 3 atom stereocenters. The number of amides is 5. The van der Waals surface area contributed by atoms with Gasteiger partial charge in [0.15, 0.2) is 4.98 Å². The summed E-state index contributed by atoms with van der Waals surface area (Å²) in [4.78, 5) is 56.2. The molecule has 13 heteroatoms. The third-order valence-electron chi connectivity index (χ3n) is 6.28. The first-order chi connectivity index (χ1) is 17.7. The third kappa shape index (κ3) is 7.42. The van der Waals surface area contributed by atoms with Gasteiger partial charge >= 0.3 is 12.2 Å². The number of diazo groups is 1. The number of fused-ring (bicyclic) bond motifs is 1. The van der Waals surface area contributed by atoms with Crippen molar-refractivity contribution in [2.24, 2.45) is 5.92 Å². The minimum Gasteiger partial charge on any atom is -0.504 e. The summed E-state index contributed by atoms with van der Waals surface area (Å²) in [6, 6.07) is 0.581. The molecule has 2 aliphatic rings. The first-order valence-corrected chi connectivity index (χ1v) is 13.3. The number of hydrogen-bond donors (Lipinski definition) is 4. The molecule has 3 rings (SSSR count). The van der Waals surface area contributed by atoms with E-state index in [0.29, 0.717) is 32.2 Å². The van der Waals surface area contributed by atoms with Gasteiger partial charge in [0.1, 0.15) is 12.1 Å². The predicted octanol–water partition coefficient (Wildman–Crippen LogP) is 2.27. The van der Waals surface area contributed by atoms with E-state index >= 15 is 0 Å². The van der Waals surface area contributed by atoms with Crippen LogP contribution in [0.2, 0.25) is 0 Å². The van der Waals surface area contributed by atoms with E-state index in [2.05, 4.69) is 20.9 Å². The van der Waals surface area contributed by atoms with Gasteiger partial charge < -0.3 is 21.1 Å². The van der Waals surface area contributed by atoms with Gasteiger partial charge in [-0.2, -0.15) is 0 Å². The first kappa shape index (κ1) is 27.9. The zero-order valence-electron chi connectivity index (χ0n) is 21.1. The van der Waals surface area contributed by atoms with E-state index in [1.807, 2.05) is 31.4 Å². The molecule has 1 aromatic rings. The van der Waals surface area contributed by atoms with Crippen molar-refractivity contribution in [3.8, 4) is 0 Å². The number of thiophene rings is 1. The molecule has 0 spiro atoms. The minimum atomic E-state index is -0.997. The predicted molar refractivity (Wildman–Crippen MR) is 136 cm³/mol. The summed E-state index contributed by atoms with van der Waals surface area (Å²) in [5.74, 6) is -1.61. The molecule has 0 saturated carbocycles. The molecule has 5 amide bonds. The number of nitrogens with one attached hydrogen (secondary N) is 3. The number of nitrogens with zero attached hydrogens (tertiary/aromatic N) is 4. The number of carbonyl (C=O) groups excluding carboxylic acids is 4. The number of rotatable bonds is 9. The Labute approximate surface area is 219 Å². The number of hydrogen-bond acceptors (Lipinski definition) is 7. The topological polar surface area (TPSA) is 159 Å². The van der Waals surface area contributed by atoms with Gasteiger partial charge in [-0.05, 0) is 49.5 Å². The fraction of sp³-hybridized carbons (Fsp3) is 0.583. The summed E-state index contributed by atoms with van der Waals surface area (Å²) < 4.78 is 0. The van der Waals surface area contributed by atoms with E-state index < -0.39 is 36.0 Å². The van der Waals surface area contributed by atoms with Crippen LogP contribution < -0.4 is 16.0 Å². The maximum atomic E-state index is 13.5. The second-order valence-electron chi connectivity index (χ2n) is 9.54. The maximum Gasteiger partial charge on any atom is 0.389 e. The highest BCUT2D eigenvalue weighted by Crippen LogP contribution is 2.25. The van der Waals surface area contributed by atoms with Gasteiger partial charge in [0, 0.05) is 24.4 Å². The van der Waals surface area contributed by atoms with Crippen LogP contribution in [0.4, 0.5) is 4.79 Å². The van der Waals surface area contributed by atoms with E-state index in [4.69, 9.17) is 5.39 Å². The van der Waals surface area contributed by atoms with Gasteiger partial charge in [-0.3, -0.25) is 19.4 Å². The Morgan fingerprint density at radius 1 is 1.32 bits per heavy atom. The molecular weight excluding hydrogens is 498 g/mol. The fourth-order valence-corrected chi connectivity index (χ4v) is 5.22. The number of carbonyl (C=O) groups is 4. The Morgan fingerprint density at radius 3 is 2.78 bits per heavy atom. The Hall–Kier alpha value is -3.66. The van der Waals surface area contributed by atoms with Gasteiger partial charge in [0.2, 0.25) is 23.0 Å². The summed E-state index contributed by atoms with van der Waals surface area (Å²) in [6.07, 6.45) is 2.86. The Balaban J connectivity index is 1.71. The fourth-order valence-electron chi connectivity index (χ4n) is 4.51. The Kier molecular flexibility index (Phi) is 9.85. The van der Waals surface area contributed by atoms with Crippen LogP contribution in [0.5, 0.6) is 0 Å². The van der Waals surface area contributed by atoms with Gasteiger partial charge in [0.25, 0.3) is 5.91 Å². The molecule has 1 aromatic heterocycles. The molecule has 0 unspecified atom stereocenters. The molecular formula is C24H34N7O5S+. The summed E-state index contributed by atoms with van der Waals surface area (Å²) >= 11 is 1.59. The molecule has 12 nitrogen and oxygen atoms in total. The Bertz CT molecular complexity index is 1050. The molecule has 2 saturated heterocycles. The van der Waals surface area contributed by atoms with E-state index in [0.717, 1.165) is 16.1 Å². The molecule has 0 aliphatic carbocycles. The van der Waals surface area contributed by atoms with Crippen LogP contribution in [-0.4, -0.2) is 70.1 Å². The van der Waals surface area contributed by atoms with Crippen LogP contribution in [-0.2, 0) is 20.8 Å². The van der Waals surface area contributed by atoms with Gasteiger partial charge in [-0.15, -0.1) is 11.3 Å². The Morgan fingerprint density at radius 2 is 2.11 bits per heavy atom. The van der Waals surface area contributed by atoms with Crippen molar-refractivity contribution in [1.82, 2.24) is 26.0 Å². The van der Waals surface area contributed by atoms with E-state index in [9.17, 15) is 24.3 Å². The maximum absolute atomic E-state index is 13.5. The van der Waals surface area contributed by atoms with Crippen molar-refractivity contribution < 1.29 is 24.3 Å². The number of hydrazine groups is 1. The molecule has 0 radical (unpaired) electrons. The zero-order chi connectivity index (χ0) is 26.9. The highest BCUT2D eigenvalue weighted by Gasteiger charge is 2.45. The molecule has 37 heavy (non-hydrogen) atoms. The van der Waals surface area contributed by atoms with Gasteiger partial charge in [-0.1, -0.05) is 19.9 Å². The standard InChI is InChI=1S/C24H33N7O5S/c1-15(2)13-18(20(32)14-27-25)28-22(34)19-6-3-11-30-21(33)8-7-17(23(35)31(19)30)29-24(36)26-10-9-16-5-4-12-37-16/h4-5,12,14-15,17-19H,3,6-11,13H2,1-2H3,(H3-,26,28,29,32,34,36)/p+1/b20-14-/t17-,18-,19-/m0/s1. The highest BCUT2D eigenvalue weighted by molar-refractivity contribution is 7.09. The second kappa shape index (κ2) is 13.0. The molecule has 2 fully saturated rings. The molecule has 0 aromatic carbocycles. The van der Waals surface area contributed by atoms with E-state index in [1.54, 1.807) is 11.3 Å². The lowest BCUT2D eigenvalue weighted by molar-refractivity contribution is -0.176. The van der Waals surface area contributed by atoms with Crippen LogP contribution in [0.1, 0.15) is 50.8 Å². The van der Waals surface area contributed by atoms with Crippen molar-refractivity contribution in [1.29, 1.82) is 5.39 Å². The van der Waals surface area contributed by atoms with Crippen LogP contribution in [0.3, 0.4) is 0 Å². The van der Waals surface area contributed by atoms with Crippen molar-refractivity contribution >= 4 is 35.1 Å². The molecule has 0 bridgehead atoms. The number of urea groups is 1. The van der Waals surface area contributed by atoms with Gasteiger partial charge in [-0.25, -0.2) is 9.80 Å². The van der Waals surface area contributed by atoms with Crippen molar-refractivity contribution in [3.05, 3.63) is 39.3 Å². The lowest BCUT2D eigenvalue weighted by Crippen LogP contribution is -2.64. The first-order valence-electron chi connectivity index (χ1n) is 12.4. The lowest BCUT2D eigenvalue weighted by atomic mass is 10.0. The third-order valence-corrected chi connectivity index (χ3v) is 7.21. The summed E-state index contributed by atoms with van der Waals surface area (Å²) in [7, 11) is 0. The zero-order valence-corrected chi connectivity index (χ0v) is 21.9. The normalized spacial score (nSPS) is 21.1. The largest absolute Gasteiger partial charge is 0.504 e. The monoisotopic (exact) mass is 532 g/mol.